The number of rotatable bonds is 1. The first kappa shape index (κ1) is 12.9. The van der Waals surface area contributed by atoms with Crippen molar-refractivity contribution < 1.29 is 4.79 Å². The van der Waals surface area contributed by atoms with Crippen LogP contribution in [0.5, 0.6) is 0 Å². The zero-order valence-corrected chi connectivity index (χ0v) is 12.6. The van der Waals surface area contributed by atoms with Crippen molar-refractivity contribution in [1.29, 1.82) is 0 Å². The van der Waals surface area contributed by atoms with Gasteiger partial charge in [-0.05, 0) is 66.2 Å². The van der Waals surface area contributed by atoms with Gasteiger partial charge in [-0.25, -0.2) is 0 Å². The number of fused-ring (bicyclic) bond motifs is 3. The van der Waals surface area contributed by atoms with E-state index in [1.54, 1.807) is 5.56 Å². The number of Topliss-reactive ketones (excluding diaryl/α,β-unsaturated/α-hetero) is 1. The number of hydrogen-bond acceptors (Lipinski definition) is 1. The third-order valence-electron chi connectivity index (χ3n) is 5.61. The number of hydrogen-bond donors (Lipinski definition) is 0. The van der Waals surface area contributed by atoms with Crippen LogP contribution in [-0.2, 0) is 11.8 Å². The molecule has 0 N–H and O–H groups in total. The van der Waals surface area contributed by atoms with E-state index in [0.717, 1.165) is 18.4 Å². The summed E-state index contributed by atoms with van der Waals surface area (Å²) in [6.07, 6.45) is 5.44. The lowest BCUT2D eigenvalue weighted by Crippen LogP contribution is -2.29. The Balaban J connectivity index is 2.31. The quantitative estimate of drug-likeness (QED) is 0.712. The van der Waals surface area contributed by atoms with E-state index < -0.39 is 0 Å². The van der Waals surface area contributed by atoms with Gasteiger partial charge >= 0.3 is 0 Å². The van der Waals surface area contributed by atoms with Gasteiger partial charge in [0.1, 0.15) is 0 Å². The number of benzene rings is 1. The molecule has 0 saturated carbocycles. The molecule has 3 rings (SSSR count). The van der Waals surface area contributed by atoms with Crippen LogP contribution in [0.3, 0.4) is 0 Å². The molecule has 102 valence electrons. The molecule has 0 amide bonds. The first-order valence-corrected chi connectivity index (χ1v) is 7.68. The smallest absolute Gasteiger partial charge is 0.163 e. The van der Waals surface area contributed by atoms with Crippen LogP contribution in [-0.4, -0.2) is 5.78 Å². The maximum Gasteiger partial charge on any atom is 0.163 e. The highest BCUT2D eigenvalue weighted by molar-refractivity contribution is 6.02. The minimum absolute atomic E-state index is 0.313. The SMILES string of the molecule is CC[C@]1(C)CC[C@H](C)c2c1cc(C)c1c2CCC1=O. The molecule has 0 radical (unpaired) electrons. The Morgan fingerprint density at radius 2 is 2.11 bits per heavy atom. The monoisotopic (exact) mass is 256 g/mol. The molecule has 1 nitrogen and oxygen atoms in total. The molecule has 0 fully saturated rings. The zero-order chi connectivity index (χ0) is 13.8. The van der Waals surface area contributed by atoms with Crippen LogP contribution >= 0.6 is 0 Å². The Morgan fingerprint density at radius 3 is 2.79 bits per heavy atom. The van der Waals surface area contributed by atoms with Crippen LogP contribution < -0.4 is 0 Å². The summed E-state index contributed by atoms with van der Waals surface area (Å²) in [7, 11) is 0. The van der Waals surface area contributed by atoms with E-state index in [4.69, 9.17) is 0 Å². The van der Waals surface area contributed by atoms with Crippen molar-refractivity contribution >= 4 is 5.78 Å². The molecule has 2 atom stereocenters. The fourth-order valence-electron chi connectivity index (χ4n) is 4.16. The van der Waals surface area contributed by atoms with Crippen LogP contribution in [0.15, 0.2) is 6.07 Å². The topological polar surface area (TPSA) is 17.1 Å². The summed E-state index contributed by atoms with van der Waals surface area (Å²) in [4.78, 5) is 12.1. The number of ketones is 1. The standard InChI is InChI=1S/C18H24O/c1-5-18(4)9-8-11(2)16-13-6-7-15(19)17(13)12(3)10-14(16)18/h10-11H,5-9H2,1-4H3/t11-,18+/m0/s1. The number of carbonyl (C=O) groups excluding carboxylic acids is 1. The van der Waals surface area contributed by atoms with Crippen molar-refractivity contribution in [3.63, 3.8) is 0 Å². The second-order valence-corrected chi connectivity index (χ2v) is 6.79. The van der Waals surface area contributed by atoms with E-state index in [1.165, 1.54) is 36.0 Å². The zero-order valence-electron chi connectivity index (χ0n) is 12.6. The average molecular weight is 256 g/mol. The molecule has 2 aliphatic carbocycles. The van der Waals surface area contributed by atoms with Crippen molar-refractivity contribution in [3.05, 3.63) is 33.9 Å². The van der Waals surface area contributed by atoms with Crippen molar-refractivity contribution in [3.8, 4) is 0 Å². The summed E-state index contributed by atoms with van der Waals surface area (Å²) in [5, 5.41) is 0. The summed E-state index contributed by atoms with van der Waals surface area (Å²) in [5.41, 5.74) is 7.05. The van der Waals surface area contributed by atoms with E-state index in [2.05, 4.69) is 33.8 Å². The van der Waals surface area contributed by atoms with Gasteiger partial charge in [-0.1, -0.05) is 26.8 Å². The Bertz CT molecular complexity index is 555. The maximum atomic E-state index is 12.1. The minimum Gasteiger partial charge on any atom is -0.294 e. The van der Waals surface area contributed by atoms with Crippen LogP contribution in [0.4, 0.5) is 0 Å². The second kappa shape index (κ2) is 4.19. The normalized spacial score (nSPS) is 29.3. The van der Waals surface area contributed by atoms with Gasteiger partial charge in [0.05, 0.1) is 0 Å². The third kappa shape index (κ3) is 1.70. The van der Waals surface area contributed by atoms with E-state index in [0.29, 0.717) is 17.1 Å². The molecule has 0 saturated heterocycles. The highest BCUT2D eigenvalue weighted by Crippen LogP contribution is 2.48. The first-order chi connectivity index (χ1) is 8.98. The molecule has 0 aliphatic heterocycles. The van der Waals surface area contributed by atoms with Gasteiger partial charge in [0.15, 0.2) is 5.78 Å². The molecule has 0 spiro atoms. The van der Waals surface area contributed by atoms with E-state index >= 15 is 0 Å². The summed E-state index contributed by atoms with van der Waals surface area (Å²) >= 11 is 0. The van der Waals surface area contributed by atoms with Gasteiger partial charge in [-0.3, -0.25) is 4.79 Å². The van der Waals surface area contributed by atoms with Gasteiger partial charge < -0.3 is 0 Å². The highest BCUT2D eigenvalue weighted by atomic mass is 16.1. The maximum absolute atomic E-state index is 12.1. The van der Waals surface area contributed by atoms with Crippen molar-refractivity contribution in [2.75, 3.05) is 0 Å². The Hall–Kier alpha value is -1.11. The fraction of sp³-hybridized carbons (Fsp3) is 0.611. The molecule has 0 bridgehead atoms. The van der Waals surface area contributed by atoms with Crippen molar-refractivity contribution in [2.24, 2.45) is 0 Å². The second-order valence-electron chi connectivity index (χ2n) is 6.79. The van der Waals surface area contributed by atoms with E-state index in [9.17, 15) is 4.79 Å². The fourth-order valence-corrected chi connectivity index (χ4v) is 4.16. The predicted molar refractivity (Wildman–Crippen MR) is 79.1 cm³/mol. The molecular formula is C18H24O. The molecule has 1 aromatic rings. The molecule has 2 aliphatic rings. The van der Waals surface area contributed by atoms with Crippen molar-refractivity contribution in [1.82, 2.24) is 0 Å². The Morgan fingerprint density at radius 1 is 1.37 bits per heavy atom. The Labute approximate surface area is 116 Å². The molecule has 19 heavy (non-hydrogen) atoms. The molecule has 0 aromatic heterocycles. The molecule has 1 aromatic carbocycles. The largest absolute Gasteiger partial charge is 0.294 e. The van der Waals surface area contributed by atoms with Gasteiger partial charge in [0.25, 0.3) is 0 Å². The lowest BCUT2D eigenvalue weighted by molar-refractivity contribution is 0.0994. The third-order valence-corrected chi connectivity index (χ3v) is 5.61. The Kier molecular flexibility index (Phi) is 2.85. The van der Waals surface area contributed by atoms with E-state index in [1.807, 2.05) is 0 Å². The van der Waals surface area contributed by atoms with Crippen LogP contribution in [0.2, 0.25) is 0 Å². The molecule has 1 heteroatoms. The summed E-state index contributed by atoms with van der Waals surface area (Å²) < 4.78 is 0. The van der Waals surface area contributed by atoms with Crippen LogP contribution in [0, 0.1) is 6.92 Å². The van der Waals surface area contributed by atoms with Crippen molar-refractivity contribution in [2.45, 2.75) is 71.1 Å². The average Bonchev–Trinajstić information content (AvgIpc) is 2.77. The van der Waals surface area contributed by atoms with E-state index in [-0.39, 0.29) is 0 Å². The van der Waals surface area contributed by atoms with Crippen LogP contribution in [0.25, 0.3) is 0 Å². The lowest BCUT2D eigenvalue weighted by Gasteiger charge is -2.40. The highest BCUT2D eigenvalue weighted by Gasteiger charge is 2.38. The van der Waals surface area contributed by atoms with Gasteiger partial charge in [0.2, 0.25) is 0 Å². The van der Waals surface area contributed by atoms with Gasteiger partial charge in [0, 0.05) is 12.0 Å². The number of carbonyl (C=O) groups is 1. The van der Waals surface area contributed by atoms with Crippen LogP contribution in [0.1, 0.15) is 85.0 Å². The summed E-state index contributed by atoms with van der Waals surface area (Å²) in [5.74, 6) is 0.987. The molecule has 0 heterocycles. The lowest BCUT2D eigenvalue weighted by atomic mass is 9.65. The molecular weight excluding hydrogens is 232 g/mol. The summed E-state index contributed by atoms with van der Waals surface area (Å²) in [6, 6.07) is 2.33. The molecule has 0 unspecified atom stereocenters. The van der Waals surface area contributed by atoms with Gasteiger partial charge in [-0.2, -0.15) is 0 Å². The summed E-state index contributed by atoms with van der Waals surface area (Å²) in [6.45, 7) is 9.16. The predicted octanol–water partition coefficient (Wildman–Crippen LogP) is 4.69. The first-order valence-electron chi connectivity index (χ1n) is 7.68. The van der Waals surface area contributed by atoms with Gasteiger partial charge in [-0.15, -0.1) is 0 Å². The minimum atomic E-state index is 0.313. The number of aryl methyl sites for hydroxylation is 1.